The summed E-state index contributed by atoms with van der Waals surface area (Å²) in [5.41, 5.74) is 1.46. The van der Waals surface area contributed by atoms with Crippen LogP contribution in [-0.4, -0.2) is 52.6 Å². The number of alkyl halides is 2. The zero-order chi connectivity index (χ0) is 20.7. The molecule has 0 amide bonds. The lowest BCUT2D eigenvalue weighted by atomic mass is 9.86. The highest BCUT2D eigenvalue weighted by molar-refractivity contribution is 7.18. The molecule has 1 aromatic carbocycles. The van der Waals surface area contributed by atoms with Crippen molar-refractivity contribution in [1.29, 1.82) is 0 Å². The average Bonchev–Trinajstić information content (AvgIpc) is 3.42. The summed E-state index contributed by atoms with van der Waals surface area (Å²) in [7, 11) is 0. The van der Waals surface area contributed by atoms with Gasteiger partial charge in [-0.1, -0.05) is 12.1 Å². The van der Waals surface area contributed by atoms with E-state index in [1.54, 1.807) is 18.5 Å². The fourth-order valence-electron chi connectivity index (χ4n) is 4.87. The number of likely N-dealkylation sites (tertiary alicyclic amines) is 1. The molecule has 1 atom stereocenters. The Morgan fingerprint density at radius 1 is 1.10 bits per heavy atom. The Labute approximate surface area is 178 Å². The van der Waals surface area contributed by atoms with Gasteiger partial charge < -0.3 is 10.0 Å². The fourth-order valence-corrected chi connectivity index (χ4v) is 5.86. The van der Waals surface area contributed by atoms with E-state index in [1.807, 2.05) is 18.2 Å². The summed E-state index contributed by atoms with van der Waals surface area (Å²) >= 11 is 1.34. The van der Waals surface area contributed by atoms with Crippen molar-refractivity contribution in [3.8, 4) is 5.75 Å². The zero-order valence-electron chi connectivity index (χ0n) is 16.6. The molecule has 0 radical (unpaired) electrons. The molecule has 30 heavy (non-hydrogen) atoms. The average molecular weight is 431 g/mol. The number of thiophene rings is 1. The van der Waals surface area contributed by atoms with Crippen molar-refractivity contribution in [2.24, 2.45) is 5.41 Å². The van der Waals surface area contributed by atoms with E-state index >= 15 is 0 Å². The molecular weight excluding hydrogens is 406 g/mol. The Kier molecular flexibility index (Phi) is 5.06. The number of aromatic hydroxyl groups is 1. The van der Waals surface area contributed by atoms with Gasteiger partial charge in [0.05, 0.1) is 5.39 Å². The van der Waals surface area contributed by atoms with E-state index in [-0.39, 0.29) is 11.8 Å². The van der Waals surface area contributed by atoms with Gasteiger partial charge in [-0.25, -0.2) is 18.7 Å². The number of halogens is 2. The fraction of sp³-hybridized carbons (Fsp3) is 0.455. The van der Waals surface area contributed by atoms with E-state index in [0.29, 0.717) is 10.6 Å². The molecule has 2 aliphatic heterocycles. The highest BCUT2D eigenvalue weighted by Crippen LogP contribution is 2.43. The first-order valence-corrected chi connectivity index (χ1v) is 11.1. The lowest BCUT2D eigenvalue weighted by Crippen LogP contribution is -2.31. The van der Waals surface area contributed by atoms with Gasteiger partial charge in [-0.05, 0) is 43.1 Å². The molecule has 2 saturated heterocycles. The van der Waals surface area contributed by atoms with Crippen LogP contribution in [0.2, 0.25) is 0 Å². The normalized spacial score (nSPS) is 22.2. The highest BCUT2D eigenvalue weighted by Gasteiger charge is 2.44. The van der Waals surface area contributed by atoms with Crippen LogP contribution in [0.5, 0.6) is 5.75 Å². The van der Waals surface area contributed by atoms with Gasteiger partial charge in [0.1, 0.15) is 22.7 Å². The van der Waals surface area contributed by atoms with E-state index in [4.69, 9.17) is 0 Å². The molecule has 1 N–H and O–H groups in total. The van der Waals surface area contributed by atoms with E-state index < -0.39 is 6.43 Å². The summed E-state index contributed by atoms with van der Waals surface area (Å²) in [5, 5.41) is 10.4. The van der Waals surface area contributed by atoms with Gasteiger partial charge in [-0.3, -0.25) is 4.90 Å². The van der Waals surface area contributed by atoms with Gasteiger partial charge in [-0.2, -0.15) is 0 Å². The maximum absolute atomic E-state index is 12.8. The van der Waals surface area contributed by atoms with Gasteiger partial charge >= 0.3 is 0 Å². The third kappa shape index (κ3) is 3.86. The highest BCUT2D eigenvalue weighted by atomic mass is 32.1. The molecule has 8 heteroatoms. The van der Waals surface area contributed by atoms with Gasteiger partial charge in [0.25, 0.3) is 0 Å². The second-order valence-electron chi connectivity index (χ2n) is 8.52. The second-order valence-corrected chi connectivity index (χ2v) is 9.64. The van der Waals surface area contributed by atoms with Gasteiger partial charge in [-0.15, -0.1) is 11.3 Å². The van der Waals surface area contributed by atoms with Gasteiger partial charge in [0.2, 0.25) is 6.43 Å². The molecule has 4 heterocycles. The first-order valence-electron chi connectivity index (χ1n) is 10.3. The molecule has 0 saturated carbocycles. The third-order valence-electron chi connectivity index (χ3n) is 6.31. The van der Waals surface area contributed by atoms with Crippen LogP contribution < -0.4 is 4.90 Å². The lowest BCUT2D eigenvalue weighted by Gasteiger charge is -2.25. The summed E-state index contributed by atoms with van der Waals surface area (Å²) in [4.78, 5) is 15.1. The predicted molar refractivity (Wildman–Crippen MR) is 114 cm³/mol. The minimum Gasteiger partial charge on any atom is -0.508 e. The van der Waals surface area contributed by atoms with Crippen molar-refractivity contribution in [2.75, 3.05) is 31.1 Å². The van der Waals surface area contributed by atoms with Crippen LogP contribution in [0.4, 0.5) is 14.6 Å². The van der Waals surface area contributed by atoms with Crippen LogP contribution in [0.25, 0.3) is 10.2 Å². The standard InChI is InChI=1S/C22H24F2N4OS/c23-19(24)10-17-9-18-20(25-14-26-21(18)30-17)28-8-6-22(13-28)5-7-27(12-22)11-15-1-3-16(29)4-2-15/h1-4,9,14,19,29H,5-8,10-13H2. The van der Waals surface area contributed by atoms with Gasteiger partial charge in [0.15, 0.2) is 0 Å². The smallest absolute Gasteiger partial charge is 0.243 e. The van der Waals surface area contributed by atoms with Crippen molar-refractivity contribution in [3.63, 3.8) is 0 Å². The van der Waals surface area contributed by atoms with Crippen LogP contribution >= 0.6 is 11.3 Å². The van der Waals surface area contributed by atoms with E-state index in [2.05, 4.69) is 19.8 Å². The quantitative estimate of drug-likeness (QED) is 0.654. The molecule has 2 fully saturated rings. The number of phenolic OH excluding ortho intramolecular Hbond substituents is 1. The van der Waals surface area contributed by atoms with Crippen LogP contribution in [0, 0.1) is 5.41 Å². The van der Waals surface area contributed by atoms with Crippen LogP contribution in [0.1, 0.15) is 23.3 Å². The Hall–Kier alpha value is -2.32. The molecule has 2 aliphatic rings. The summed E-state index contributed by atoms with van der Waals surface area (Å²) in [6.07, 6.45) is 1.24. The largest absolute Gasteiger partial charge is 0.508 e. The maximum Gasteiger partial charge on any atom is 0.243 e. The van der Waals surface area contributed by atoms with Crippen molar-refractivity contribution >= 4 is 27.4 Å². The first-order chi connectivity index (χ1) is 14.5. The van der Waals surface area contributed by atoms with Crippen molar-refractivity contribution in [3.05, 3.63) is 47.1 Å². The maximum atomic E-state index is 12.8. The van der Waals surface area contributed by atoms with Crippen molar-refractivity contribution < 1.29 is 13.9 Å². The monoisotopic (exact) mass is 430 g/mol. The third-order valence-corrected chi connectivity index (χ3v) is 7.38. The molecule has 0 aliphatic carbocycles. The lowest BCUT2D eigenvalue weighted by molar-refractivity contribution is 0.150. The number of hydrogen-bond donors (Lipinski definition) is 1. The number of nitrogens with zero attached hydrogens (tertiary/aromatic N) is 4. The summed E-state index contributed by atoms with van der Waals surface area (Å²) in [5.74, 6) is 1.18. The molecule has 3 aromatic rings. The van der Waals surface area contributed by atoms with E-state index in [0.717, 1.165) is 61.6 Å². The first kappa shape index (κ1) is 19.6. The number of rotatable bonds is 5. The molecular formula is C22H24F2N4OS. The predicted octanol–water partition coefficient (Wildman–Crippen LogP) is 4.31. The Balaban J connectivity index is 1.30. The number of aromatic nitrogens is 2. The summed E-state index contributed by atoms with van der Waals surface area (Å²) in [6.45, 7) is 4.86. The van der Waals surface area contributed by atoms with Gasteiger partial charge in [0, 0.05) is 42.9 Å². The van der Waals surface area contributed by atoms with E-state index in [9.17, 15) is 13.9 Å². The van der Waals surface area contributed by atoms with Crippen molar-refractivity contribution in [2.45, 2.75) is 32.2 Å². The van der Waals surface area contributed by atoms with Crippen LogP contribution in [-0.2, 0) is 13.0 Å². The molecule has 1 unspecified atom stereocenters. The zero-order valence-corrected chi connectivity index (χ0v) is 17.4. The number of benzene rings is 1. The summed E-state index contributed by atoms with van der Waals surface area (Å²) in [6, 6.07) is 9.28. The number of hydrogen-bond acceptors (Lipinski definition) is 6. The molecule has 1 spiro atoms. The Morgan fingerprint density at radius 3 is 2.70 bits per heavy atom. The molecule has 5 nitrogen and oxygen atoms in total. The minimum absolute atomic E-state index is 0.226. The number of fused-ring (bicyclic) bond motifs is 1. The van der Waals surface area contributed by atoms with Crippen LogP contribution in [0.15, 0.2) is 36.7 Å². The summed E-state index contributed by atoms with van der Waals surface area (Å²) < 4.78 is 25.6. The Morgan fingerprint density at radius 2 is 1.90 bits per heavy atom. The Bertz CT molecular complexity index is 1040. The topological polar surface area (TPSA) is 52.5 Å². The van der Waals surface area contributed by atoms with Crippen LogP contribution in [0.3, 0.4) is 0 Å². The molecule has 158 valence electrons. The van der Waals surface area contributed by atoms with E-state index in [1.165, 1.54) is 16.9 Å². The number of phenols is 1. The second kappa shape index (κ2) is 7.74. The number of anilines is 1. The SMILES string of the molecule is Oc1ccc(CN2CCC3(CCN(c4ncnc5sc(CC(F)F)cc45)C3)C2)cc1. The molecule has 0 bridgehead atoms. The molecule has 5 rings (SSSR count). The minimum atomic E-state index is -2.34. The molecule has 2 aromatic heterocycles. The van der Waals surface area contributed by atoms with Crippen molar-refractivity contribution in [1.82, 2.24) is 14.9 Å².